The molecule has 2 aromatic carbocycles. The first kappa shape index (κ1) is 19.0. The lowest BCUT2D eigenvalue weighted by atomic mass is 9.96. The summed E-state index contributed by atoms with van der Waals surface area (Å²) < 4.78 is 5.10. The summed E-state index contributed by atoms with van der Waals surface area (Å²) in [6.45, 7) is 4.04. The highest BCUT2D eigenvalue weighted by molar-refractivity contribution is 5.98. The summed E-state index contributed by atoms with van der Waals surface area (Å²) in [5, 5.41) is 9.21. The molecule has 0 radical (unpaired) electrons. The lowest BCUT2D eigenvalue weighted by Gasteiger charge is -2.29. The van der Waals surface area contributed by atoms with Crippen LogP contribution in [-0.2, 0) is 4.74 Å². The molecule has 1 atom stereocenters. The zero-order chi connectivity index (χ0) is 20.4. The van der Waals surface area contributed by atoms with E-state index in [0.29, 0.717) is 31.8 Å². The number of piperidine rings is 1. The van der Waals surface area contributed by atoms with Crippen molar-refractivity contribution in [2.75, 3.05) is 31.1 Å². The molecule has 0 N–H and O–H groups in total. The smallest absolute Gasteiger partial charge is 0.414 e. The third-order valence-corrected chi connectivity index (χ3v) is 5.52. The molecule has 2 heterocycles. The maximum atomic E-state index is 13.0. The van der Waals surface area contributed by atoms with E-state index in [0.717, 1.165) is 35.2 Å². The number of likely N-dealkylation sites (tertiary alicyclic amines) is 1. The van der Waals surface area contributed by atoms with Gasteiger partial charge in [-0.05, 0) is 49.6 Å². The molecular formula is C23H23N3O3. The first-order valence-corrected chi connectivity index (χ1v) is 9.91. The first-order chi connectivity index (χ1) is 14.1. The van der Waals surface area contributed by atoms with Crippen molar-refractivity contribution in [3.8, 4) is 17.2 Å². The van der Waals surface area contributed by atoms with E-state index in [2.05, 4.69) is 6.07 Å². The molecule has 6 heteroatoms. The van der Waals surface area contributed by atoms with Crippen molar-refractivity contribution in [3.63, 3.8) is 0 Å². The number of benzene rings is 2. The molecule has 148 valence electrons. The first-order valence-electron chi connectivity index (χ1n) is 9.91. The fourth-order valence-corrected chi connectivity index (χ4v) is 4.00. The van der Waals surface area contributed by atoms with Crippen molar-refractivity contribution in [1.82, 2.24) is 4.90 Å². The molecule has 2 fully saturated rings. The van der Waals surface area contributed by atoms with Crippen LogP contribution in [0.25, 0.3) is 11.1 Å². The van der Waals surface area contributed by atoms with E-state index in [1.54, 1.807) is 15.9 Å². The molecule has 0 unspecified atom stereocenters. The Bertz CT molecular complexity index is 995. The summed E-state index contributed by atoms with van der Waals surface area (Å²) in [5.41, 5.74) is 4.22. The zero-order valence-electron chi connectivity index (χ0n) is 16.4. The van der Waals surface area contributed by atoms with Gasteiger partial charge in [-0.1, -0.05) is 23.8 Å². The Morgan fingerprint density at radius 1 is 1.21 bits per heavy atom. The summed E-state index contributed by atoms with van der Waals surface area (Å²) in [7, 11) is 0. The molecular weight excluding hydrogens is 366 g/mol. The van der Waals surface area contributed by atoms with E-state index in [-0.39, 0.29) is 17.9 Å². The number of nitrogens with zero attached hydrogens (tertiary/aromatic N) is 3. The molecule has 2 aliphatic rings. The Morgan fingerprint density at radius 2 is 2.07 bits per heavy atom. The maximum Gasteiger partial charge on any atom is 0.414 e. The highest BCUT2D eigenvalue weighted by atomic mass is 16.6. The Labute approximate surface area is 170 Å². The third kappa shape index (κ3) is 3.81. The van der Waals surface area contributed by atoms with E-state index in [1.807, 2.05) is 43.3 Å². The topological polar surface area (TPSA) is 73.6 Å². The van der Waals surface area contributed by atoms with E-state index in [9.17, 15) is 14.9 Å². The summed E-state index contributed by atoms with van der Waals surface area (Å²) in [6, 6.07) is 15.7. The number of hydrogen-bond acceptors (Lipinski definition) is 4. The molecule has 6 nitrogen and oxygen atoms in total. The van der Waals surface area contributed by atoms with Crippen molar-refractivity contribution in [2.45, 2.75) is 19.8 Å². The molecule has 4 rings (SSSR count). The highest BCUT2D eigenvalue weighted by Crippen LogP contribution is 2.34. The monoisotopic (exact) mass is 389 g/mol. The van der Waals surface area contributed by atoms with E-state index >= 15 is 0 Å². The van der Waals surface area contributed by atoms with E-state index in [1.165, 1.54) is 0 Å². The molecule has 0 spiro atoms. The van der Waals surface area contributed by atoms with Gasteiger partial charge in [-0.15, -0.1) is 0 Å². The quantitative estimate of drug-likeness (QED) is 0.795. The SMILES string of the molecule is Cc1ccc(N2CCOC2=O)c(-c2cccc(C(=O)N3CCC[C@@H](C#N)C3)c2)c1. The molecule has 2 amide bonds. The average molecular weight is 389 g/mol. The lowest BCUT2D eigenvalue weighted by Crippen LogP contribution is -2.39. The Balaban J connectivity index is 1.67. The van der Waals surface area contributed by atoms with Crippen LogP contribution in [0.5, 0.6) is 0 Å². The number of carbonyl (C=O) groups excluding carboxylic acids is 2. The molecule has 29 heavy (non-hydrogen) atoms. The lowest BCUT2D eigenvalue weighted by molar-refractivity contribution is 0.0699. The number of ether oxygens (including phenoxy) is 1. The summed E-state index contributed by atoms with van der Waals surface area (Å²) >= 11 is 0. The number of amides is 2. The van der Waals surface area contributed by atoms with Gasteiger partial charge >= 0.3 is 6.09 Å². The Morgan fingerprint density at radius 3 is 2.83 bits per heavy atom. The molecule has 2 aromatic rings. The summed E-state index contributed by atoms with van der Waals surface area (Å²) in [4.78, 5) is 28.5. The zero-order valence-corrected chi connectivity index (χ0v) is 16.4. The van der Waals surface area contributed by atoms with Gasteiger partial charge in [0.05, 0.1) is 24.2 Å². The van der Waals surface area contributed by atoms with Crippen LogP contribution in [0.15, 0.2) is 42.5 Å². The molecule has 0 bridgehead atoms. The van der Waals surface area contributed by atoms with Crippen molar-refractivity contribution < 1.29 is 14.3 Å². The predicted molar refractivity (Wildman–Crippen MR) is 110 cm³/mol. The second-order valence-electron chi connectivity index (χ2n) is 7.59. The van der Waals surface area contributed by atoms with Gasteiger partial charge in [0.15, 0.2) is 0 Å². The molecule has 0 saturated carbocycles. The standard InChI is InChI=1S/C23H23N3O3/c1-16-7-8-21(26-10-11-29-23(26)28)20(12-16)18-5-2-6-19(13-18)22(27)25-9-3-4-17(14-24)15-25/h2,5-8,12-13,17H,3-4,9-11,15H2,1H3/t17-/m0/s1. The van der Waals surface area contributed by atoms with Crippen LogP contribution in [0.3, 0.4) is 0 Å². The number of aryl methyl sites for hydroxylation is 1. The van der Waals surface area contributed by atoms with Gasteiger partial charge in [-0.3, -0.25) is 9.69 Å². The maximum absolute atomic E-state index is 13.0. The Kier molecular flexibility index (Phi) is 5.22. The van der Waals surface area contributed by atoms with Gasteiger partial charge < -0.3 is 9.64 Å². The second-order valence-corrected chi connectivity index (χ2v) is 7.59. The van der Waals surface area contributed by atoms with Crippen LogP contribution in [0.2, 0.25) is 0 Å². The minimum absolute atomic E-state index is 0.0541. The van der Waals surface area contributed by atoms with Gasteiger partial charge in [0.2, 0.25) is 0 Å². The third-order valence-electron chi connectivity index (χ3n) is 5.52. The largest absolute Gasteiger partial charge is 0.447 e. The number of carbonyl (C=O) groups is 2. The summed E-state index contributed by atoms with van der Waals surface area (Å²) in [6.07, 6.45) is 1.35. The molecule has 0 aliphatic carbocycles. The van der Waals surface area contributed by atoms with Gasteiger partial charge in [0, 0.05) is 24.2 Å². The van der Waals surface area contributed by atoms with E-state index in [4.69, 9.17) is 4.74 Å². The van der Waals surface area contributed by atoms with Crippen LogP contribution in [-0.4, -0.2) is 43.1 Å². The fraction of sp³-hybridized carbons (Fsp3) is 0.348. The number of nitriles is 1. The van der Waals surface area contributed by atoms with Crippen LogP contribution >= 0.6 is 0 Å². The number of cyclic esters (lactones) is 1. The number of rotatable bonds is 3. The Hall–Kier alpha value is -3.33. The van der Waals surface area contributed by atoms with Crippen molar-refractivity contribution in [1.29, 1.82) is 5.26 Å². The number of hydrogen-bond donors (Lipinski definition) is 0. The molecule has 2 saturated heterocycles. The summed E-state index contributed by atoms with van der Waals surface area (Å²) in [5.74, 6) is -0.151. The van der Waals surface area contributed by atoms with Crippen molar-refractivity contribution in [2.24, 2.45) is 5.92 Å². The van der Waals surface area contributed by atoms with Gasteiger partial charge in [-0.25, -0.2) is 4.79 Å². The normalized spacial score (nSPS) is 19.0. The minimum atomic E-state index is -0.349. The average Bonchev–Trinajstić information content (AvgIpc) is 3.19. The molecule has 2 aliphatic heterocycles. The van der Waals surface area contributed by atoms with Gasteiger partial charge in [0.25, 0.3) is 5.91 Å². The second kappa shape index (κ2) is 7.96. The van der Waals surface area contributed by atoms with Crippen LogP contribution < -0.4 is 4.90 Å². The van der Waals surface area contributed by atoms with Gasteiger partial charge in [0.1, 0.15) is 6.61 Å². The number of anilines is 1. The van der Waals surface area contributed by atoms with Crippen LogP contribution in [0.1, 0.15) is 28.8 Å². The van der Waals surface area contributed by atoms with Gasteiger partial charge in [-0.2, -0.15) is 5.26 Å². The van der Waals surface area contributed by atoms with Crippen molar-refractivity contribution in [3.05, 3.63) is 53.6 Å². The van der Waals surface area contributed by atoms with Crippen LogP contribution in [0, 0.1) is 24.2 Å². The van der Waals surface area contributed by atoms with Crippen molar-refractivity contribution >= 4 is 17.7 Å². The fourth-order valence-electron chi connectivity index (χ4n) is 4.00. The molecule has 0 aromatic heterocycles. The van der Waals surface area contributed by atoms with Crippen LogP contribution in [0.4, 0.5) is 10.5 Å². The predicted octanol–water partition coefficient (Wildman–Crippen LogP) is 3.99. The highest BCUT2D eigenvalue weighted by Gasteiger charge is 2.27. The van der Waals surface area contributed by atoms with E-state index < -0.39 is 0 Å². The minimum Gasteiger partial charge on any atom is -0.447 e.